The van der Waals surface area contributed by atoms with Crippen LogP contribution in [0.3, 0.4) is 0 Å². The van der Waals surface area contributed by atoms with Crippen molar-refractivity contribution in [2.75, 3.05) is 6.61 Å². The predicted molar refractivity (Wildman–Crippen MR) is 127 cm³/mol. The van der Waals surface area contributed by atoms with Gasteiger partial charge in [0.2, 0.25) is 0 Å². The molecule has 0 aliphatic carbocycles. The van der Waals surface area contributed by atoms with Gasteiger partial charge in [0.15, 0.2) is 0 Å². The number of aryl methyl sites for hydroxylation is 1. The smallest absolute Gasteiger partial charge is 0.330 e. The summed E-state index contributed by atoms with van der Waals surface area (Å²) in [6.07, 6.45) is 3.94. The minimum atomic E-state index is -0.430. The highest BCUT2D eigenvalue weighted by Gasteiger charge is 2.08. The van der Waals surface area contributed by atoms with E-state index in [1.54, 1.807) is 0 Å². The van der Waals surface area contributed by atoms with E-state index < -0.39 is 5.97 Å². The van der Waals surface area contributed by atoms with Gasteiger partial charge in [-0.1, -0.05) is 86.0 Å². The van der Waals surface area contributed by atoms with E-state index in [0.717, 1.165) is 46.7 Å². The molecule has 0 aromatic heterocycles. The van der Waals surface area contributed by atoms with E-state index in [2.05, 4.69) is 49.6 Å². The molecule has 0 aliphatic rings. The monoisotopic (exact) mass is 426 g/mol. The average molecular weight is 427 g/mol. The van der Waals surface area contributed by atoms with E-state index >= 15 is 0 Å². The van der Waals surface area contributed by atoms with Gasteiger partial charge in [-0.2, -0.15) is 0 Å². The summed E-state index contributed by atoms with van der Waals surface area (Å²) in [4.78, 5) is 22.3. The van der Waals surface area contributed by atoms with Crippen LogP contribution < -0.4 is 0 Å². The number of carbonyl (C=O) groups excluding carboxylic acids is 2. The maximum atomic E-state index is 11.2. The third-order valence-corrected chi connectivity index (χ3v) is 5.03. The standard InChI is InChI=1S/C28H26O4/c1-3-27(29)31-19-7-8-21-11-15-23(16-12-21)25-9-5-6-10-26(25)24-17-13-22(14-18-24)20-32-28(30)4-2/h3-6,9-18H,1-2,7-8,19-20H2. The zero-order valence-electron chi connectivity index (χ0n) is 18.0. The summed E-state index contributed by atoms with van der Waals surface area (Å²) in [6.45, 7) is 7.40. The van der Waals surface area contributed by atoms with E-state index in [4.69, 9.17) is 9.47 Å². The molecule has 4 heteroatoms. The molecule has 0 saturated carbocycles. The lowest BCUT2D eigenvalue weighted by Crippen LogP contribution is -2.02. The van der Waals surface area contributed by atoms with Crippen LogP contribution in [0.25, 0.3) is 22.3 Å². The number of hydrogen-bond acceptors (Lipinski definition) is 4. The second kappa shape index (κ2) is 11.5. The predicted octanol–water partition coefficient (Wildman–Crippen LogP) is 5.91. The highest BCUT2D eigenvalue weighted by molar-refractivity contribution is 5.84. The van der Waals surface area contributed by atoms with Gasteiger partial charge in [-0.05, 0) is 46.2 Å². The van der Waals surface area contributed by atoms with Gasteiger partial charge in [0, 0.05) is 12.2 Å². The molecule has 0 saturated heterocycles. The fourth-order valence-electron chi connectivity index (χ4n) is 3.34. The van der Waals surface area contributed by atoms with Gasteiger partial charge in [0.1, 0.15) is 6.61 Å². The summed E-state index contributed by atoms with van der Waals surface area (Å²) in [6, 6.07) is 24.7. The summed E-state index contributed by atoms with van der Waals surface area (Å²) < 4.78 is 10.1. The van der Waals surface area contributed by atoms with Crippen molar-refractivity contribution >= 4 is 11.9 Å². The van der Waals surface area contributed by atoms with Crippen molar-refractivity contribution in [3.8, 4) is 22.3 Å². The van der Waals surface area contributed by atoms with E-state index in [1.807, 2.05) is 36.4 Å². The number of hydrogen-bond donors (Lipinski definition) is 0. The highest BCUT2D eigenvalue weighted by Crippen LogP contribution is 2.32. The molecule has 0 N–H and O–H groups in total. The summed E-state index contributed by atoms with van der Waals surface area (Å²) in [5, 5.41) is 0. The van der Waals surface area contributed by atoms with Gasteiger partial charge in [0.25, 0.3) is 0 Å². The van der Waals surface area contributed by atoms with Crippen molar-refractivity contribution in [3.63, 3.8) is 0 Å². The Kier molecular flexibility index (Phi) is 8.15. The average Bonchev–Trinajstić information content (AvgIpc) is 2.85. The molecule has 0 bridgehead atoms. The molecule has 3 rings (SSSR count). The first-order valence-electron chi connectivity index (χ1n) is 10.5. The van der Waals surface area contributed by atoms with Crippen molar-refractivity contribution in [1.29, 1.82) is 0 Å². The SMILES string of the molecule is C=CC(=O)OCCCc1ccc(-c2ccccc2-c2ccc(COC(=O)C=C)cc2)cc1. The van der Waals surface area contributed by atoms with Crippen LogP contribution in [0.4, 0.5) is 0 Å². The molecule has 0 spiro atoms. The fraction of sp³-hybridized carbons (Fsp3) is 0.143. The Morgan fingerprint density at radius 2 is 1.19 bits per heavy atom. The molecule has 32 heavy (non-hydrogen) atoms. The van der Waals surface area contributed by atoms with Crippen LogP contribution in [-0.4, -0.2) is 18.5 Å². The lowest BCUT2D eigenvalue weighted by Gasteiger charge is -2.12. The molecular weight excluding hydrogens is 400 g/mol. The van der Waals surface area contributed by atoms with Gasteiger partial charge >= 0.3 is 11.9 Å². The summed E-state index contributed by atoms with van der Waals surface area (Å²) in [5.41, 5.74) is 6.61. The summed E-state index contributed by atoms with van der Waals surface area (Å²) in [5.74, 6) is -0.816. The largest absolute Gasteiger partial charge is 0.463 e. The van der Waals surface area contributed by atoms with Gasteiger partial charge < -0.3 is 9.47 Å². The molecule has 0 amide bonds. The minimum absolute atomic E-state index is 0.223. The Morgan fingerprint density at radius 3 is 1.72 bits per heavy atom. The third-order valence-electron chi connectivity index (χ3n) is 5.03. The molecular formula is C28H26O4. The second-order valence-electron chi connectivity index (χ2n) is 7.23. The Balaban J connectivity index is 1.69. The first kappa shape index (κ1) is 22.8. The number of carbonyl (C=O) groups is 2. The number of ether oxygens (including phenoxy) is 2. The fourth-order valence-corrected chi connectivity index (χ4v) is 3.34. The maximum Gasteiger partial charge on any atom is 0.330 e. The van der Waals surface area contributed by atoms with E-state index in [-0.39, 0.29) is 12.6 Å². The lowest BCUT2D eigenvalue weighted by molar-refractivity contribution is -0.139. The van der Waals surface area contributed by atoms with Gasteiger partial charge in [-0.3, -0.25) is 0 Å². The molecule has 0 fully saturated rings. The Labute approximate surface area is 188 Å². The van der Waals surface area contributed by atoms with Gasteiger partial charge in [0.05, 0.1) is 6.61 Å². The van der Waals surface area contributed by atoms with E-state index in [9.17, 15) is 9.59 Å². The molecule has 3 aromatic rings. The van der Waals surface area contributed by atoms with Crippen molar-refractivity contribution in [3.05, 3.63) is 109 Å². The van der Waals surface area contributed by atoms with E-state index in [0.29, 0.717) is 6.61 Å². The van der Waals surface area contributed by atoms with Gasteiger partial charge in [-0.15, -0.1) is 0 Å². The summed E-state index contributed by atoms with van der Waals surface area (Å²) >= 11 is 0. The van der Waals surface area contributed by atoms with Crippen LogP contribution in [0.1, 0.15) is 17.5 Å². The normalized spacial score (nSPS) is 10.2. The number of rotatable bonds is 10. The number of esters is 2. The van der Waals surface area contributed by atoms with Crippen LogP contribution in [0.5, 0.6) is 0 Å². The quantitative estimate of drug-likeness (QED) is 0.230. The molecule has 162 valence electrons. The lowest BCUT2D eigenvalue weighted by atomic mass is 9.93. The second-order valence-corrected chi connectivity index (χ2v) is 7.23. The zero-order chi connectivity index (χ0) is 22.8. The molecule has 0 heterocycles. The van der Waals surface area contributed by atoms with Crippen LogP contribution in [0.15, 0.2) is 98.1 Å². The van der Waals surface area contributed by atoms with E-state index in [1.165, 1.54) is 11.6 Å². The Morgan fingerprint density at radius 1 is 0.688 bits per heavy atom. The van der Waals surface area contributed by atoms with Crippen LogP contribution in [-0.2, 0) is 32.1 Å². The zero-order valence-corrected chi connectivity index (χ0v) is 18.0. The van der Waals surface area contributed by atoms with Crippen molar-refractivity contribution < 1.29 is 19.1 Å². The number of benzene rings is 3. The Bertz CT molecular complexity index is 1080. The molecule has 0 radical (unpaired) electrons. The van der Waals surface area contributed by atoms with Crippen molar-refractivity contribution in [1.82, 2.24) is 0 Å². The van der Waals surface area contributed by atoms with Crippen molar-refractivity contribution in [2.45, 2.75) is 19.4 Å². The molecule has 4 nitrogen and oxygen atoms in total. The minimum Gasteiger partial charge on any atom is -0.463 e. The third kappa shape index (κ3) is 6.29. The molecule has 0 unspecified atom stereocenters. The first-order valence-corrected chi connectivity index (χ1v) is 10.5. The maximum absolute atomic E-state index is 11.2. The molecule has 0 aliphatic heterocycles. The van der Waals surface area contributed by atoms with Crippen LogP contribution >= 0.6 is 0 Å². The highest BCUT2D eigenvalue weighted by atomic mass is 16.5. The summed E-state index contributed by atoms with van der Waals surface area (Å²) in [7, 11) is 0. The molecule has 0 atom stereocenters. The Hall–Kier alpha value is -3.92. The first-order chi connectivity index (χ1) is 15.6. The topological polar surface area (TPSA) is 52.6 Å². The molecule has 3 aromatic carbocycles. The van der Waals surface area contributed by atoms with Crippen LogP contribution in [0, 0.1) is 0 Å². The van der Waals surface area contributed by atoms with Gasteiger partial charge in [-0.25, -0.2) is 9.59 Å². The van der Waals surface area contributed by atoms with Crippen LogP contribution in [0.2, 0.25) is 0 Å². The van der Waals surface area contributed by atoms with Crippen molar-refractivity contribution in [2.24, 2.45) is 0 Å².